The van der Waals surface area contributed by atoms with Crippen molar-refractivity contribution in [3.8, 4) is 5.69 Å². The van der Waals surface area contributed by atoms with E-state index in [9.17, 15) is 0 Å². The van der Waals surface area contributed by atoms with Gasteiger partial charge in [-0.3, -0.25) is 0 Å². The van der Waals surface area contributed by atoms with Crippen molar-refractivity contribution >= 4 is 0 Å². The zero-order chi connectivity index (χ0) is 14.0. The average molecular weight is 268 g/mol. The van der Waals surface area contributed by atoms with E-state index < -0.39 is 0 Å². The number of pyridine rings is 1. The van der Waals surface area contributed by atoms with Crippen molar-refractivity contribution in [2.45, 2.75) is 51.9 Å². The molecule has 0 radical (unpaired) electrons. The Kier molecular flexibility index (Phi) is 6.30. The van der Waals surface area contributed by atoms with Crippen LogP contribution in [0.1, 0.15) is 51.0 Å². The second kappa shape index (κ2) is 8.52. The average Bonchev–Trinajstić information content (AvgIpc) is 2.52. The summed E-state index contributed by atoms with van der Waals surface area (Å²) >= 11 is 0. The minimum absolute atomic E-state index is 1.19. The van der Waals surface area contributed by atoms with Gasteiger partial charge in [-0.2, -0.15) is 4.57 Å². The highest BCUT2D eigenvalue weighted by atomic mass is 14.9. The number of hydrogen-bond donors (Lipinski definition) is 0. The lowest BCUT2D eigenvalue weighted by molar-refractivity contribution is -0.596. The summed E-state index contributed by atoms with van der Waals surface area (Å²) in [4.78, 5) is 0. The summed E-state index contributed by atoms with van der Waals surface area (Å²) in [6, 6.07) is 14.9. The molecule has 0 fully saturated rings. The number of hydrogen-bond acceptors (Lipinski definition) is 0. The summed E-state index contributed by atoms with van der Waals surface area (Å²) in [5.74, 6) is 0. The molecular formula is C19H26N+. The highest BCUT2D eigenvalue weighted by Crippen LogP contribution is 2.09. The lowest BCUT2D eigenvalue weighted by Crippen LogP contribution is -2.29. The molecule has 0 aliphatic carbocycles. The number of para-hydroxylation sites is 1. The molecule has 1 aromatic heterocycles. The van der Waals surface area contributed by atoms with Gasteiger partial charge in [0.25, 0.3) is 0 Å². The fourth-order valence-electron chi connectivity index (χ4n) is 2.54. The van der Waals surface area contributed by atoms with Crippen LogP contribution < -0.4 is 4.57 Å². The summed E-state index contributed by atoms with van der Waals surface area (Å²) in [5.41, 5.74) is 2.67. The van der Waals surface area contributed by atoms with Crippen LogP contribution in [0.15, 0.2) is 54.9 Å². The highest BCUT2D eigenvalue weighted by molar-refractivity contribution is 5.22. The fourth-order valence-corrected chi connectivity index (χ4v) is 2.54. The maximum Gasteiger partial charge on any atom is 0.210 e. The first-order chi connectivity index (χ1) is 9.90. The van der Waals surface area contributed by atoms with Gasteiger partial charge in [0.1, 0.15) is 0 Å². The predicted octanol–water partition coefficient (Wildman–Crippen LogP) is 4.87. The van der Waals surface area contributed by atoms with E-state index in [-0.39, 0.29) is 0 Å². The van der Waals surface area contributed by atoms with Crippen molar-refractivity contribution in [1.82, 2.24) is 0 Å². The second-order valence-electron chi connectivity index (χ2n) is 5.47. The number of rotatable bonds is 8. The maximum atomic E-state index is 2.27. The molecule has 0 saturated carbocycles. The molecule has 1 heteroatoms. The molecule has 0 spiro atoms. The predicted molar refractivity (Wildman–Crippen MR) is 85.1 cm³/mol. The number of aryl methyl sites for hydroxylation is 1. The van der Waals surface area contributed by atoms with E-state index >= 15 is 0 Å². The zero-order valence-electron chi connectivity index (χ0n) is 12.6. The first-order valence-electron chi connectivity index (χ1n) is 7.96. The molecule has 0 aliphatic rings. The van der Waals surface area contributed by atoms with Gasteiger partial charge in [0, 0.05) is 23.8 Å². The van der Waals surface area contributed by atoms with Crippen molar-refractivity contribution < 1.29 is 4.57 Å². The third-order valence-electron chi connectivity index (χ3n) is 3.74. The van der Waals surface area contributed by atoms with Crippen LogP contribution in [0.25, 0.3) is 5.69 Å². The summed E-state index contributed by atoms with van der Waals surface area (Å²) in [6.07, 6.45) is 13.8. The van der Waals surface area contributed by atoms with Crippen molar-refractivity contribution in [2.75, 3.05) is 0 Å². The number of benzene rings is 1. The largest absolute Gasteiger partial charge is 0.210 e. The topological polar surface area (TPSA) is 3.88 Å². The van der Waals surface area contributed by atoms with Crippen molar-refractivity contribution in [3.63, 3.8) is 0 Å². The van der Waals surface area contributed by atoms with Gasteiger partial charge in [-0.25, -0.2) is 0 Å². The molecule has 0 amide bonds. The molecule has 106 valence electrons. The lowest BCUT2D eigenvalue weighted by Gasteiger charge is -2.02. The highest BCUT2D eigenvalue weighted by Gasteiger charge is 2.05. The Morgan fingerprint density at radius 3 is 2.35 bits per heavy atom. The van der Waals surface area contributed by atoms with Crippen LogP contribution in [0.3, 0.4) is 0 Å². The van der Waals surface area contributed by atoms with E-state index in [4.69, 9.17) is 0 Å². The van der Waals surface area contributed by atoms with E-state index in [0.29, 0.717) is 0 Å². The van der Waals surface area contributed by atoms with Gasteiger partial charge in [-0.15, -0.1) is 0 Å². The molecule has 1 heterocycles. The molecule has 0 N–H and O–H groups in total. The Labute approximate surface area is 123 Å². The normalized spacial score (nSPS) is 10.7. The summed E-state index contributed by atoms with van der Waals surface area (Å²) in [6.45, 7) is 2.27. The lowest BCUT2D eigenvalue weighted by atomic mass is 10.1. The van der Waals surface area contributed by atoms with E-state index in [1.807, 2.05) is 0 Å². The Hall–Kier alpha value is -1.63. The molecule has 0 bridgehead atoms. The number of nitrogens with zero attached hydrogens (tertiary/aromatic N) is 1. The summed E-state index contributed by atoms with van der Waals surface area (Å²) in [5, 5.41) is 0. The maximum absolute atomic E-state index is 2.27. The molecule has 0 saturated heterocycles. The van der Waals surface area contributed by atoms with E-state index in [2.05, 4.69) is 66.3 Å². The Bertz CT molecular complexity index is 490. The van der Waals surface area contributed by atoms with Crippen LogP contribution >= 0.6 is 0 Å². The molecular weight excluding hydrogens is 242 g/mol. The molecule has 2 rings (SSSR count). The van der Waals surface area contributed by atoms with Gasteiger partial charge in [0.2, 0.25) is 5.69 Å². The number of aromatic nitrogens is 1. The van der Waals surface area contributed by atoms with Gasteiger partial charge in [0.15, 0.2) is 12.4 Å². The molecule has 1 aromatic carbocycles. The van der Waals surface area contributed by atoms with Crippen LogP contribution in [-0.2, 0) is 6.42 Å². The molecule has 0 aliphatic heterocycles. The van der Waals surface area contributed by atoms with E-state index in [1.165, 1.54) is 56.2 Å². The smallest absolute Gasteiger partial charge is 0.167 e. The molecule has 1 nitrogen and oxygen atoms in total. The van der Waals surface area contributed by atoms with E-state index in [0.717, 1.165) is 0 Å². The first-order valence-corrected chi connectivity index (χ1v) is 7.96. The minimum atomic E-state index is 1.19. The molecule has 0 atom stereocenters. The van der Waals surface area contributed by atoms with Crippen molar-refractivity contribution in [3.05, 3.63) is 60.4 Å². The third-order valence-corrected chi connectivity index (χ3v) is 3.74. The Balaban J connectivity index is 1.84. The fraction of sp³-hybridized carbons (Fsp3) is 0.421. The van der Waals surface area contributed by atoms with Gasteiger partial charge in [-0.05, 0) is 18.9 Å². The van der Waals surface area contributed by atoms with Crippen LogP contribution in [0.2, 0.25) is 0 Å². The standard InChI is InChI=1S/C19H26N/c1-2-3-4-5-6-8-12-18-13-11-16-20(17-18)19-14-9-7-10-15-19/h7,9-11,13-17H,2-6,8,12H2,1H3/q+1. The molecule has 20 heavy (non-hydrogen) atoms. The van der Waals surface area contributed by atoms with Gasteiger partial charge in [0.05, 0.1) is 0 Å². The van der Waals surface area contributed by atoms with Gasteiger partial charge < -0.3 is 0 Å². The Morgan fingerprint density at radius 1 is 0.800 bits per heavy atom. The van der Waals surface area contributed by atoms with Crippen molar-refractivity contribution in [2.24, 2.45) is 0 Å². The van der Waals surface area contributed by atoms with Crippen LogP contribution in [-0.4, -0.2) is 0 Å². The number of unbranched alkanes of at least 4 members (excludes halogenated alkanes) is 5. The van der Waals surface area contributed by atoms with Crippen molar-refractivity contribution in [1.29, 1.82) is 0 Å². The van der Waals surface area contributed by atoms with Gasteiger partial charge >= 0.3 is 0 Å². The minimum Gasteiger partial charge on any atom is -0.167 e. The summed E-state index contributed by atoms with van der Waals surface area (Å²) in [7, 11) is 0. The third kappa shape index (κ3) is 4.80. The quantitative estimate of drug-likeness (QED) is 0.475. The van der Waals surface area contributed by atoms with Crippen LogP contribution in [0, 0.1) is 0 Å². The van der Waals surface area contributed by atoms with Crippen LogP contribution in [0.5, 0.6) is 0 Å². The second-order valence-corrected chi connectivity index (χ2v) is 5.47. The Morgan fingerprint density at radius 2 is 1.55 bits per heavy atom. The molecule has 2 aromatic rings. The SMILES string of the molecule is CCCCCCCCc1ccc[n+](-c2ccccc2)c1. The van der Waals surface area contributed by atoms with Gasteiger partial charge in [-0.1, -0.05) is 57.2 Å². The molecule has 0 unspecified atom stereocenters. The van der Waals surface area contributed by atoms with E-state index in [1.54, 1.807) is 0 Å². The summed E-state index contributed by atoms with van der Waals surface area (Å²) < 4.78 is 2.21. The first kappa shape index (κ1) is 14.8. The van der Waals surface area contributed by atoms with Crippen LogP contribution in [0.4, 0.5) is 0 Å². The monoisotopic (exact) mass is 268 g/mol. The zero-order valence-corrected chi connectivity index (χ0v) is 12.6.